The Labute approximate surface area is 177 Å². The third-order valence-corrected chi connectivity index (χ3v) is 4.60. The van der Waals surface area contributed by atoms with E-state index in [1.165, 1.54) is 0 Å². The Kier molecular flexibility index (Phi) is 6.65. The highest BCUT2D eigenvalue weighted by Gasteiger charge is 2.14. The van der Waals surface area contributed by atoms with Crippen molar-refractivity contribution in [1.82, 2.24) is 0 Å². The molecule has 0 heterocycles. The van der Waals surface area contributed by atoms with Crippen LogP contribution in [0, 0.1) is 3.57 Å². The molecule has 5 nitrogen and oxygen atoms in total. The Balaban J connectivity index is 1.75. The second kappa shape index (κ2) is 9.36. The van der Waals surface area contributed by atoms with Gasteiger partial charge in [0.25, 0.3) is 11.8 Å². The Bertz CT molecular complexity index is 987. The third kappa shape index (κ3) is 5.10. The predicted molar refractivity (Wildman–Crippen MR) is 119 cm³/mol. The van der Waals surface area contributed by atoms with E-state index in [1.807, 2.05) is 19.1 Å². The van der Waals surface area contributed by atoms with E-state index in [1.54, 1.807) is 60.7 Å². The standard InChI is InChI=1S/C22H19IN2O3/c1-2-28-18-12-10-17(11-13-18)24-22(27)19-8-3-4-9-20(19)25-21(26)15-6-5-7-16(23)14-15/h3-14H,2H2,1H3,(H,24,27)(H,25,26). The molecular weight excluding hydrogens is 467 g/mol. The van der Waals surface area contributed by atoms with Crippen molar-refractivity contribution in [2.45, 2.75) is 6.92 Å². The van der Waals surface area contributed by atoms with E-state index in [9.17, 15) is 9.59 Å². The van der Waals surface area contributed by atoms with Crippen LogP contribution in [0.5, 0.6) is 5.75 Å². The van der Waals surface area contributed by atoms with Gasteiger partial charge in [-0.1, -0.05) is 18.2 Å². The lowest BCUT2D eigenvalue weighted by Gasteiger charge is -2.12. The average Bonchev–Trinajstić information content (AvgIpc) is 2.70. The van der Waals surface area contributed by atoms with Gasteiger partial charge in [-0.3, -0.25) is 9.59 Å². The summed E-state index contributed by atoms with van der Waals surface area (Å²) < 4.78 is 6.37. The van der Waals surface area contributed by atoms with Gasteiger partial charge in [0, 0.05) is 14.8 Å². The summed E-state index contributed by atoms with van der Waals surface area (Å²) in [5.74, 6) is 0.174. The molecule has 0 unspecified atom stereocenters. The Morgan fingerprint density at radius 2 is 1.64 bits per heavy atom. The molecule has 0 aromatic heterocycles. The van der Waals surface area contributed by atoms with Gasteiger partial charge in [0.1, 0.15) is 5.75 Å². The predicted octanol–water partition coefficient (Wildman–Crippen LogP) is 5.19. The molecule has 3 aromatic carbocycles. The number of rotatable bonds is 6. The van der Waals surface area contributed by atoms with E-state index in [-0.39, 0.29) is 11.8 Å². The lowest BCUT2D eigenvalue weighted by molar-refractivity contribution is 0.102. The van der Waals surface area contributed by atoms with Gasteiger partial charge in [-0.05, 0) is 84.1 Å². The zero-order valence-electron chi connectivity index (χ0n) is 15.2. The minimum Gasteiger partial charge on any atom is -0.494 e. The van der Waals surface area contributed by atoms with Crippen LogP contribution < -0.4 is 15.4 Å². The van der Waals surface area contributed by atoms with Gasteiger partial charge in [0.2, 0.25) is 0 Å². The van der Waals surface area contributed by atoms with Crippen molar-refractivity contribution in [2.24, 2.45) is 0 Å². The molecule has 0 bridgehead atoms. The van der Waals surface area contributed by atoms with Crippen molar-refractivity contribution in [3.8, 4) is 5.75 Å². The number of hydrogen-bond donors (Lipinski definition) is 2. The number of benzene rings is 3. The molecule has 0 radical (unpaired) electrons. The number of hydrogen-bond acceptors (Lipinski definition) is 3. The Morgan fingerprint density at radius 3 is 2.36 bits per heavy atom. The highest BCUT2D eigenvalue weighted by Crippen LogP contribution is 2.20. The maximum atomic E-state index is 12.7. The smallest absolute Gasteiger partial charge is 0.257 e. The van der Waals surface area contributed by atoms with E-state index >= 15 is 0 Å². The molecule has 0 fully saturated rings. The van der Waals surface area contributed by atoms with Crippen LogP contribution >= 0.6 is 22.6 Å². The fraction of sp³-hybridized carbons (Fsp3) is 0.0909. The largest absolute Gasteiger partial charge is 0.494 e. The fourth-order valence-corrected chi connectivity index (χ4v) is 3.16. The Hall–Kier alpha value is -2.87. The van der Waals surface area contributed by atoms with Crippen molar-refractivity contribution in [1.29, 1.82) is 0 Å². The van der Waals surface area contributed by atoms with Crippen molar-refractivity contribution >= 4 is 45.8 Å². The first-order chi connectivity index (χ1) is 13.6. The van der Waals surface area contributed by atoms with Crippen LogP contribution in [0.25, 0.3) is 0 Å². The molecule has 3 aromatic rings. The molecule has 0 saturated carbocycles. The molecule has 0 aliphatic carbocycles. The van der Waals surface area contributed by atoms with Crippen LogP contribution in [0.3, 0.4) is 0 Å². The minimum absolute atomic E-state index is 0.264. The summed E-state index contributed by atoms with van der Waals surface area (Å²) in [6.45, 7) is 2.50. The molecule has 0 atom stereocenters. The first-order valence-corrected chi connectivity index (χ1v) is 9.85. The Morgan fingerprint density at radius 1 is 0.893 bits per heavy atom. The van der Waals surface area contributed by atoms with Crippen LogP contribution in [-0.4, -0.2) is 18.4 Å². The zero-order valence-corrected chi connectivity index (χ0v) is 17.4. The number of carbonyl (C=O) groups excluding carboxylic acids is 2. The summed E-state index contributed by atoms with van der Waals surface area (Å²) >= 11 is 2.15. The van der Waals surface area contributed by atoms with Crippen LogP contribution in [0.4, 0.5) is 11.4 Å². The summed E-state index contributed by atoms with van der Waals surface area (Å²) in [5, 5.41) is 5.67. The van der Waals surface area contributed by atoms with Gasteiger partial charge in [0.05, 0.1) is 17.9 Å². The molecule has 28 heavy (non-hydrogen) atoms. The molecule has 3 rings (SSSR count). The zero-order chi connectivity index (χ0) is 19.9. The third-order valence-electron chi connectivity index (χ3n) is 3.93. The highest BCUT2D eigenvalue weighted by molar-refractivity contribution is 14.1. The fourth-order valence-electron chi connectivity index (χ4n) is 2.61. The number of anilines is 2. The molecule has 2 amide bonds. The van der Waals surface area contributed by atoms with Crippen molar-refractivity contribution < 1.29 is 14.3 Å². The summed E-state index contributed by atoms with van der Waals surface area (Å²) in [5.41, 5.74) is 2.02. The molecule has 0 saturated heterocycles. The highest BCUT2D eigenvalue weighted by atomic mass is 127. The van der Waals surface area contributed by atoms with Crippen molar-refractivity contribution in [3.63, 3.8) is 0 Å². The van der Waals surface area contributed by atoms with Gasteiger partial charge < -0.3 is 15.4 Å². The lowest BCUT2D eigenvalue weighted by atomic mass is 10.1. The maximum Gasteiger partial charge on any atom is 0.257 e. The van der Waals surface area contributed by atoms with Gasteiger partial charge in [-0.15, -0.1) is 0 Å². The summed E-state index contributed by atoms with van der Waals surface area (Å²) in [6.07, 6.45) is 0. The molecule has 142 valence electrons. The summed E-state index contributed by atoms with van der Waals surface area (Å²) in [6, 6.07) is 21.3. The van der Waals surface area contributed by atoms with E-state index in [4.69, 9.17) is 4.74 Å². The summed E-state index contributed by atoms with van der Waals surface area (Å²) in [4.78, 5) is 25.3. The van der Waals surface area contributed by atoms with Crippen LogP contribution in [0.1, 0.15) is 27.6 Å². The van der Waals surface area contributed by atoms with Gasteiger partial charge in [-0.25, -0.2) is 0 Å². The molecule has 6 heteroatoms. The maximum absolute atomic E-state index is 12.7. The van der Waals surface area contributed by atoms with Gasteiger partial charge in [-0.2, -0.15) is 0 Å². The first kappa shape index (κ1) is 19.9. The van der Waals surface area contributed by atoms with Crippen LogP contribution in [-0.2, 0) is 0 Å². The SMILES string of the molecule is CCOc1ccc(NC(=O)c2ccccc2NC(=O)c2cccc(I)c2)cc1. The molecule has 0 aliphatic rings. The summed E-state index contributed by atoms with van der Waals surface area (Å²) in [7, 11) is 0. The molecule has 2 N–H and O–H groups in total. The number of carbonyl (C=O) groups is 2. The molecule has 0 aliphatic heterocycles. The van der Waals surface area contributed by atoms with E-state index in [0.29, 0.717) is 29.1 Å². The van der Waals surface area contributed by atoms with E-state index < -0.39 is 0 Å². The lowest BCUT2D eigenvalue weighted by Crippen LogP contribution is -2.18. The quantitative estimate of drug-likeness (QED) is 0.471. The number of para-hydroxylation sites is 1. The number of nitrogens with one attached hydrogen (secondary N) is 2. The molecular formula is C22H19IN2O3. The normalized spacial score (nSPS) is 10.2. The van der Waals surface area contributed by atoms with Gasteiger partial charge in [0.15, 0.2) is 0 Å². The number of amides is 2. The van der Waals surface area contributed by atoms with Crippen LogP contribution in [0.2, 0.25) is 0 Å². The van der Waals surface area contributed by atoms with E-state index in [2.05, 4.69) is 33.2 Å². The molecule has 0 spiro atoms. The monoisotopic (exact) mass is 486 g/mol. The average molecular weight is 486 g/mol. The second-order valence-electron chi connectivity index (χ2n) is 5.92. The topological polar surface area (TPSA) is 67.4 Å². The number of halogens is 1. The minimum atomic E-state index is -0.303. The van der Waals surface area contributed by atoms with Crippen molar-refractivity contribution in [2.75, 3.05) is 17.2 Å². The number of ether oxygens (including phenoxy) is 1. The van der Waals surface area contributed by atoms with E-state index in [0.717, 1.165) is 9.32 Å². The first-order valence-electron chi connectivity index (χ1n) is 8.77. The van der Waals surface area contributed by atoms with Crippen molar-refractivity contribution in [3.05, 3.63) is 87.5 Å². The second-order valence-corrected chi connectivity index (χ2v) is 7.17. The van der Waals surface area contributed by atoms with Gasteiger partial charge >= 0.3 is 0 Å². The van der Waals surface area contributed by atoms with Crippen LogP contribution in [0.15, 0.2) is 72.8 Å².